The predicted molar refractivity (Wildman–Crippen MR) is 61.7 cm³/mol. The third kappa shape index (κ3) is 1.32. The Bertz CT molecular complexity index is 672. The van der Waals surface area contributed by atoms with E-state index in [-0.39, 0.29) is 12.4 Å². The minimum atomic E-state index is -0.471. The summed E-state index contributed by atoms with van der Waals surface area (Å²) in [5.41, 5.74) is -0.187. The van der Waals surface area contributed by atoms with E-state index < -0.39 is 5.63 Å². The highest BCUT2D eigenvalue weighted by Gasteiger charge is 2.29. The summed E-state index contributed by atoms with van der Waals surface area (Å²) >= 11 is 0. The SMILES string of the molecule is COc1c2c(c3ccc(=O)oc3c1OC)OCO2. The molecule has 3 rings (SSSR count). The Morgan fingerprint density at radius 1 is 1.06 bits per heavy atom. The van der Waals surface area contributed by atoms with Crippen molar-refractivity contribution in [2.45, 2.75) is 0 Å². The van der Waals surface area contributed by atoms with E-state index in [0.717, 1.165) is 0 Å². The average Bonchev–Trinajstić information content (AvgIpc) is 2.85. The first-order chi connectivity index (χ1) is 8.76. The highest BCUT2D eigenvalue weighted by atomic mass is 16.7. The summed E-state index contributed by atoms with van der Waals surface area (Å²) < 4.78 is 26.4. The molecule has 0 unspecified atom stereocenters. The van der Waals surface area contributed by atoms with Crippen molar-refractivity contribution in [3.63, 3.8) is 0 Å². The summed E-state index contributed by atoms with van der Waals surface area (Å²) in [6.45, 7) is 0.0904. The highest BCUT2D eigenvalue weighted by molar-refractivity contribution is 5.95. The summed E-state index contributed by atoms with van der Waals surface area (Å²) in [6, 6.07) is 2.92. The van der Waals surface area contributed by atoms with E-state index in [4.69, 9.17) is 23.4 Å². The molecule has 0 saturated heterocycles. The second-order valence-electron chi connectivity index (χ2n) is 3.63. The van der Waals surface area contributed by atoms with Crippen LogP contribution in [0.2, 0.25) is 0 Å². The maximum Gasteiger partial charge on any atom is 0.336 e. The molecule has 1 aromatic heterocycles. The summed E-state index contributed by atoms with van der Waals surface area (Å²) in [4.78, 5) is 11.3. The Balaban J connectivity index is 2.49. The van der Waals surface area contributed by atoms with Gasteiger partial charge in [0, 0.05) is 6.07 Å². The Morgan fingerprint density at radius 2 is 1.78 bits per heavy atom. The minimum Gasteiger partial charge on any atom is -0.490 e. The molecule has 0 amide bonds. The largest absolute Gasteiger partial charge is 0.490 e. The molecule has 0 aliphatic carbocycles. The lowest BCUT2D eigenvalue weighted by atomic mass is 10.1. The number of hydrogen-bond donors (Lipinski definition) is 0. The molecular weight excluding hydrogens is 240 g/mol. The van der Waals surface area contributed by atoms with Crippen molar-refractivity contribution in [2.75, 3.05) is 21.0 Å². The van der Waals surface area contributed by atoms with Gasteiger partial charge >= 0.3 is 5.63 Å². The molecule has 2 aromatic rings. The highest BCUT2D eigenvalue weighted by Crippen LogP contribution is 2.52. The number of methoxy groups -OCH3 is 2. The fraction of sp³-hybridized carbons (Fsp3) is 0.250. The number of hydrogen-bond acceptors (Lipinski definition) is 6. The van der Waals surface area contributed by atoms with E-state index >= 15 is 0 Å². The molecule has 1 aromatic carbocycles. The maximum absolute atomic E-state index is 11.3. The van der Waals surface area contributed by atoms with Crippen LogP contribution in [0.5, 0.6) is 23.0 Å². The van der Waals surface area contributed by atoms with Gasteiger partial charge in [-0.1, -0.05) is 0 Å². The number of ether oxygens (including phenoxy) is 4. The van der Waals surface area contributed by atoms with Gasteiger partial charge in [0.2, 0.25) is 24.0 Å². The van der Waals surface area contributed by atoms with Crippen LogP contribution in [0.3, 0.4) is 0 Å². The van der Waals surface area contributed by atoms with E-state index in [1.54, 1.807) is 6.07 Å². The second-order valence-corrected chi connectivity index (χ2v) is 3.63. The zero-order valence-electron chi connectivity index (χ0n) is 9.81. The van der Waals surface area contributed by atoms with Gasteiger partial charge in [0.25, 0.3) is 0 Å². The smallest absolute Gasteiger partial charge is 0.336 e. The summed E-state index contributed by atoms with van der Waals surface area (Å²) in [5.74, 6) is 1.61. The van der Waals surface area contributed by atoms with Crippen LogP contribution < -0.4 is 24.6 Å². The first-order valence-electron chi connectivity index (χ1n) is 5.23. The van der Waals surface area contributed by atoms with Crippen LogP contribution in [0.15, 0.2) is 21.3 Å². The van der Waals surface area contributed by atoms with Crippen LogP contribution in [0.4, 0.5) is 0 Å². The summed E-state index contributed by atoms with van der Waals surface area (Å²) in [6.07, 6.45) is 0. The first kappa shape index (κ1) is 10.8. The Morgan fingerprint density at radius 3 is 2.50 bits per heavy atom. The topological polar surface area (TPSA) is 67.1 Å². The second kappa shape index (κ2) is 3.83. The van der Waals surface area contributed by atoms with E-state index in [0.29, 0.717) is 28.4 Å². The van der Waals surface area contributed by atoms with Crippen LogP contribution in [0.1, 0.15) is 0 Å². The first-order valence-corrected chi connectivity index (χ1v) is 5.23. The maximum atomic E-state index is 11.3. The Hall–Kier alpha value is -2.37. The molecule has 6 nitrogen and oxygen atoms in total. The molecule has 1 aliphatic heterocycles. The normalized spacial score (nSPS) is 12.8. The van der Waals surface area contributed by atoms with Crippen LogP contribution in [-0.4, -0.2) is 21.0 Å². The van der Waals surface area contributed by atoms with E-state index in [2.05, 4.69) is 0 Å². The molecule has 0 spiro atoms. The van der Waals surface area contributed by atoms with Gasteiger partial charge in [0.05, 0.1) is 19.6 Å². The van der Waals surface area contributed by atoms with Gasteiger partial charge in [-0.3, -0.25) is 0 Å². The quantitative estimate of drug-likeness (QED) is 0.753. The molecule has 0 atom stereocenters. The van der Waals surface area contributed by atoms with Crippen molar-refractivity contribution in [2.24, 2.45) is 0 Å². The van der Waals surface area contributed by atoms with E-state index in [1.165, 1.54) is 20.3 Å². The fourth-order valence-corrected chi connectivity index (χ4v) is 1.99. The molecule has 1 aliphatic rings. The van der Waals surface area contributed by atoms with Gasteiger partial charge in [0.15, 0.2) is 11.3 Å². The zero-order chi connectivity index (χ0) is 12.7. The third-order valence-corrected chi connectivity index (χ3v) is 2.72. The van der Waals surface area contributed by atoms with E-state index in [9.17, 15) is 4.79 Å². The zero-order valence-corrected chi connectivity index (χ0v) is 9.81. The van der Waals surface area contributed by atoms with Crippen LogP contribution in [0.25, 0.3) is 11.0 Å². The molecule has 0 N–H and O–H groups in total. The van der Waals surface area contributed by atoms with Crippen molar-refractivity contribution in [1.29, 1.82) is 0 Å². The van der Waals surface area contributed by atoms with Crippen LogP contribution in [0, 0.1) is 0 Å². The van der Waals surface area contributed by atoms with Crippen molar-refractivity contribution >= 4 is 11.0 Å². The third-order valence-electron chi connectivity index (χ3n) is 2.72. The average molecular weight is 250 g/mol. The van der Waals surface area contributed by atoms with Crippen molar-refractivity contribution in [3.05, 3.63) is 22.6 Å². The lowest BCUT2D eigenvalue weighted by molar-refractivity contribution is 0.171. The number of fused-ring (bicyclic) bond motifs is 3. The van der Waals surface area contributed by atoms with Crippen molar-refractivity contribution < 1.29 is 23.4 Å². The van der Waals surface area contributed by atoms with Gasteiger partial charge in [-0.15, -0.1) is 0 Å². The Labute approximate surface area is 102 Å². The van der Waals surface area contributed by atoms with Gasteiger partial charge in [-0.2, -0.15) is 0 Å². The summed E-state index contributed by atoms with van der Waals surface area (Å²) in [5, 5.41) is 0.611. The molecule has 6 heteroatoms. The molecule has 0 bridgehead atoms. The molecule has 0 fully saturated rings. The predicted octanol–water partition coefficient (Wildman–Crippen LogP) is 1.54. The molecule has 0 radical (unpaired) electrons. The number of benzene rings is 1. The monoisotopic (exact) mass is 250 g/mol. The van der Waals surface area contributed by atoms with Crippen LogP contribution >= 0.6 is 0 Å². The lowest BCUT2D eigenvalue weighted by Crippen LogP contribution is -1.99. The van der Waals surface area contributed by atoms with Gasteiger partial charge < -0.3 is 23.4 Å². The lowest BCUT2D eigenvalue weighted by Gasteiger charge is -2.12. The molecule has 18 heavy (non-hydrogen) atoms. The van der Waals surface area contributed by atoms with Gasteiger partial charge in [-0.05, 0) is 6.07 Å². The Kier molecular flexibility index (Phi) is 2.29. The van der Waals surface area contributed by atoms with Gasteiger partial charge in [0.1, 0.15) is 0 Å². The standard InChI is InChI=1S/C12H10O6/c1-14-10-9-6(3-4-7(13)18-9)8-12(11(10)15-2)17-5-16-8/h3-4H,5H2,1-2H3. The minimum absolute atomic E-state index is 0.0904. The summed E-state index contributed by atoms with van der Waals surface area (Å²) in [7, 11) is 2.94. The number of rotatable bonds is 2. The van der Waals surface area contributed by atoms with Crippen molar-refractivity contribution in [3.8, 4) is 23.0 Å². The van der Waals surface area contributed by atoms with Crippen molar-refractivity contribution in [1.82, 2.24) is 0 Å². The molecule has 0 saturated carbocycles. The molecular formula is C12H10O6. The molecule has 2 heterocycles. The van der Waals surface area contributed by atoms with Gasteiger partial charge in [-0.25, -0.2) is 4.79 Å². The fourth-order valence-electron chi connectivity index (χ4n) is 1.99. The van der Waals surface area contributed by atoms with E-state index in [1.807, 2.05) is 0 Å². The molecule has 94 valence electrons. The van der Waals surface area contributed by atoms with Crippen LogP contribution in [-0.2, 0) is 0 Å².